The topological polar surface area (TPSA) is 85.8 Å². The molecule has 1 aliphatic heterocycles. The van der Waals surface area contributed by atoms with Crippen LogP contribution in [0, 0.1) is 32.4 Å². The molecule has 0 unspecified atom stereocenters. The molecule has 0 radical (unpaired) electrons. The first-order valence-electron chi connectivity index (χ1n) is 13.6. The lowest BCUT2D eigenvalue weighted by Crippen LogP contribution is -2.41. The van der Waals surface area contributed by atoms with E-state index in [1.807, 2.05) is 39.1 Å². The van der Waals surface area contributed by atoms with E-state index < -0.39 is 23.8 Å². The highest BCUT2D eigenvalue weighted by Crippen LogP contribution is 2.43. The number of aromatic nitrogens is 4. The van der Waals surface area contributed by atoms with Gasteiger partial charge in [-0.1, -0.05) is 5.16 Å². The standard InChI is InChI=1S/C30H27F2N5O3S/c1-15-27(16(2)40-35-15)18-8-10-36-26(13-18)34-28(29(36)19-4-7-23-25(12-19)41-17(3)33-23)24-9-11-39-30(38)37(24)20-5-6-21(31)22(32)14-20/h5-6,8,10,13-14,19,24H,4,7,9,11-12H2,1-3H3/t19-,24+/m1/s1. The Morgan fingerprint density at radius 2 is 1.90 bits per heavy atom. The Bertz CT molecular complexity index is 1810. The molecular weight excluding hydrogens is 548 g/mol. The van der Waals surface area contributed by atoms with Gasteiger partial charge in [0.2, 0.25) is 0 Å². The Balaban J connectivity index is 1.40. The number of anilines is 1. The fourth-order valence-corrected chi connectivity index (χ4v) is 7.35. The molecular formula is C30H27F2N5O3S. The molecule has 5 aromatic rings. The van der Waals surface area contributed by atoms with E-state index in [9.17, 15) is 13.6 Å². The van der Waals surface area contributed by atoms with Gasteiger partial charge in [0.1, 0.15) is 11.4 Å². The molecule has 1 aromatic carbocycles. The van der Waals surface area contributed by atoms with Gasteiger partial charge in [-0.25, -0.2) is 23.5 Å². The lowest BCUT2D eigenvalue weighted by Gasteiger charge is -2.35. The average molecular weight is 576 g/mol. The zero-order valence-corrected chi connectivity index (χ0v) is 23.6. The summed E-state index contributed by atoms with van der Waals surface area (Å²) >= 11 is 1.72. The Labute approximate surface area is 238 Å². The maximum atomic E-state index is 14.3. The van der Waals surface area contributed by atoms with Crippen LogP contribution in [-0.4, -0.2) is 32.2 Å². The van der Waals surface area contributed by atoms with E-state index in [0.29, 0.717) is 6.42 Å². The van der Waals surface area contributed by atoms with Crippen molar-refractivity contribution >= 4 is 28.8 Å². The second-order valence-electron chi connectivity index (χ2n) is 10.7. The van der Waals surface area contributed by atoms with Crippen LogP contribution in [0.15, 0.2) is 41.1 Å². The number of nitrogens with zero attached hydrogens (tertiary/aromatic N) is 5. The van der Waals surface area contributed by atoms with Crippen molar-refractivity contribution in [2.45, 2.75) is 58.4 Å². The van der Waals surface area contributed by atoms with Gasteiger partial charge in [0.05, 0.1) is 46.1 Å². The Morgan fingerprint density at radius 1 is 1.05 bits per heavy atom. The second-order valence-corrected chi connectivity index (χ2v) is 11.9. The number of fused-ring (bicyclic) bond motifs is 2. The number of thiazole rings is 1. The van der Waals surface area contributed by atoms with E-state index in [2.05, 4.69) is 9.56 Å². The quantitative estimate of drug-likeness (QED) is 0.229. The number of imidazole rings is 1. The van der Waals surface area contributed by atoms with Crippen molar-refractivity contribution < 1.29 is 22.8 Å². The van der Waals surface area contributed by atoms with Crippen molar-refractivity contribution in [1.29, 1.82) is 0 Å². The number of rotatable bonds is 4. The molecule has 0 saturated carbocycles. The summed E-state index contributed by atoms with van der Waals surface area (Å²) in [6.07, 6.45) is 4.40. The molecule has 1 fully saturated rings. The van der Waals surface area contributed by atoms with Crippen molar-refractivity contribution in [2.24, 2.45) is 0 Å². The first-order valence-corrected chi connectivity index (χ1v) is 14.4. The molecule has 7 rings (SSSR count). The van der Waals surface area contributed by atoms with E-state index in [4.69, 9.17) is 19.2 Å². The van der Waals surface area contributed by atoms with Gasteiger partial charge in [0, 0.05) is 35.0 Å². The van der Waals surface area contributed by atoms with E-state index in [-0.39, 0.29) is 18.2 Å². The summed E-state index contributed by atoms with van der Waals surface area (Å²) in [5.41, 5.74) is 6.49. The Kier molecular flexibility index (Phi) is 6.15. The maximum Gasteiger partial charge on any atom is 0.414 e. The smallest absolute Gasteiger partial charge is 0.414 e. The van der Waals surface area contributed by atoms with E-state index in [0.717, 1.165) is 81.7 Å². The Hall–Kier alpha value is -4.12. The van der Waals surface area contributed by atoms with Gasteiger partial charge in [0.15, 0.2) is 11.6 Å². The molecule has 1 aliphatic carbocycles. The molecule has 2 atom stereocenters. The zero-order valence-electron chi connectivity index (χ0n) is 22.8. The van der Waals surface area contributed by atoms with E-state index in [1.165, 1.54) is 15.8 Å². The number of cyclic esters (lactones) is 1. The maximum absolute atomic E-state index is 14.3. The fourth-order valence-electron chi connectivity index (χ4n) is 6.28. The van der Waals surface area contributed by atoms with Crippen LogP contribution in [0.4, 0.5) is 19.3 Å². The van der Waals surface area contributed by atoms with Gasteiger partial charge in [-0.05, 0) is 69.9 Å². The molecule has 210 valence electrons. The van der Waals surface area contributed by atoms with Gasteiger partial charge < -0.3 is 13.7 Å². The number of hydrogen-bond acceptors (Lipinski definition) is 7. The van der Waals surface area contributed by atoms with Gasteiger partial charge in [-0.3, -0.25) is 4.90 Å². The summed E-state index contributed by atoms with van der Waals surface area (Å²) < 4.78 is 41.0. The second kappa shape index (κ2) is 9.76. The average Bonchev–Trinajstić information content (AvgIpc) is 3.62. The first-order chi connectivity index (χ1) is 19.8. The molecule has 1 saturated heterocycles. The number of hydrogen-bond donors (Lipinski definition) is 0. The zero-order chi connectivity index (χ0) is 28.4. The van der Waals surface area contributed by atoms with Gasteiger partial charge in [0.25, 0.3) is 0 Å². The van der Waals surface area contributed by atoms with Crippen molar-refractivity contribution in [2.75, 3.05) is 11.5 Å². The highest BCUT2D eigenvalue weighted by atomic mass is 32.1. The molecule has 2 aliphatic rings. The summed E-state index contributed by atoms with van der Waals surface area (Å²) in [7, 11) is 0. The minimum Gasteiger partial charge on any atom is -0.449 e. The first kappa shape index (κ1) is 25.8. The van der Waals surface area contributed by atoms with E-state index in [1.54, 1.807) is 11.3 Å². The molecule has 8 nitrogen and oxygen atoms in total. The lowest BCUT2D eigenvalue weighted by atomic mass is 9.86. The highest BCUT2D eigenvalue weighted by molar-refractivity contribution is 7.11. The number of halogens is 2. The molecule has 0 N–H and O–H groups in total. The third kappa shape index (κ3) is 4.30. The largest absolute Gasteiger partial charge is 0.449 e. The Morgan fingerprint density at radius 3 is 2.68 bits per heavy atom. The minimum atomic E-state index is -1.03. The molecule has 5 heterocycles. The molecule has 0 bridgehead atoms. The minimum absolute atomic E-state index is 0.127. The molecule has 4 aromatic heterocycles. The number of carbonyl (C=O) groups is 1. The number of carbonyl (C=O) groups excluding carboxylic acids is 1. The van der Waals surface area contributed by atoms with Crippen LogP contribution < -0.4 is 4.90 Å². The van der Waals surface area contributed by atoms with Crippen molar-refractivity contribution in [3.8, 4) is 11.1 Å². The number of benzene rings is 1. The van der Waals surface area contributed by atoms with Crippen LogP contribution in [0.25, 0.3) is 16.8 Å². The van der Waals surface area contributed by atoms with Crippen molar-refractivity contribution in [1.82, 2.24) is 19.5 Å². The summed E-state index contributed by atoms with van der Waals surface area (Å²) in [6.45, 7) is 6.01. The highest BCUT2D eigenvalue weighted by Gasteiger charge is 2.38. The predicted octanol–water partition coefficient (Wildman–Crippen LogP) is 7.01. The van der Waals surface area contributed by atoms with E-state index >= 15 is 0 Å². The van der Waals surface area contributed by atoms with Crippen LogP contribution in [-0.2, 0) is 17.6 Å². The summed E-state index contributed by atoms with van der Waals surface area (Å²) in [5.74, 6) is -1.16. The van der Waals surface area contributed by atoms with Crippen molar-refractivity contribution in [3.63, 3.8) is 0 Å². The number of amides is 1. The molecule has 1 amide bonds. The van der Waals surface area contributed by atoms with Crippen LogP contribution in [0.2, 0.25) is 0 Å². The normalized spacial score (nSPS) is 19.0. The lowest BCUT2D eigenvalue weighted by molar-refractivity contribution is 0.128. The monoisotopic (exact) mass is 575 g/mol. The number of aryl methyl sites for hydroxylation is 4. The number of ether oxygens (including phenoxy) is 1. The van der Waals surface area contributed by atoms with Crippen molar-refractivity contribution in [3.05, 3.63) is 86.6 Å². The SMILES string of the molecule is Cc1nc2c(s1)C[C@H](c1c([C@@H]3CCOC(=O)N3c3ccc(F)c(F)c3)nc3cc(-c4c(C)noc4C)ccn13)CC2. The van der Waals surface area contributed by atoms with Crippen LogP contribution in [0.1, 0.15) is 63.2 Å². The van der Waals surface area contributed by atoms with Crippen LogP contribution >= 0.6 is 11.3 Å². The van der Waals surface area contributed by atoms with Gasteiger partial charge in [-0.2, -0.15) is 0 Å². The third-order valence-electron chi connectivity index (χ3n) is 8.07. The molecule has 11 heteroatoms. The molecule has 41 heavy (non-hydrogen) atoms. The summed E-state index contributed by atoms with van der Waals surface area (Å²) in [4.78, 5) is 25.7. The fraction of sp³-hybridized carbons (Fsp3) is 0.333. The van der Waals surface area contributed by atoms with Crippen LogP contribution in [0.5, 0.6) is 0 Å². The predicted molar refractivity (Wildman–Crippen MR) is 149 cm³/mol. The number of pyridine rings is 1. The van der Waals surface area contributed by atoms with Crippen LogP contribution in [0.3, 0.4) is 0 Å². The summed E-state index contributed by atoms with van der Waals surface area (Å²) in [5, 5.41) is 5.16. The van der Waals surface area contributed by atoms with Gasteiger partial charge >= 0.3 is 6.09 Å². The van der Waals surface area contributed by atoms with Gasteiger partial charge in [-0.15, -0.1) is 11.3 Å². The molecule has 0 spiro atoms. The third-order valence-corrected chi connectivity index (χ3v) is 9.10. The summed E-state index contributed by atoms with van der Waals surface area (Å²) in [6, 6.07) is 6.97.